The van der Waals surface area contributed by atoms with Crippen molar-refractivity contribution in [2.75, 3.05) is 0 Å². The van der Waals surface area contributed by atoms with Crippen LogP contribution in [-0.2, 0) is 10.3 Å². The van der Waals surface area contributed by atoms with Crippen LogP contribution < -0.4 is 0 Å². The first-order valence-electron chi connectivity index (χ1n) is 5.52. The van der Waals surface area contributed by atoms with Gasteiger partial charge in [0.2, 0.25) is 0 Å². The van der Waals surface area contributed by atoms with Crippen LogP contribution in [-0.4, -0.2) is 15.6 Å². The summed E-state index contributed by atoms with van der Waals surface area (Å²) in [5.74, 6) is -0.192. The van der Waals surface area contributed by atoms with Crippen LogP contribution in [0.5, 0.6) is 0 Å². The molecule has 1 aromatic rings. The van der Waals surface area contributed by atoms with E-state index in [1.165, 1.54) is 0 Å². The predicted octanol–water partition coefficient (Wildman–Crippen LogP) is 2.48. The van der Waals surface area contributed by atoms with Crippen molar-refractivity contribution in [3.63, 3.8) is 0 Å². The fourth-order valence-electron chi connectivity index (χ4n) is 2.68. The molecular formula is C12H17NO2. The Labute approximate surface area is 89.7 Å². The predicted molar refractivity (Wildman–Crippen MR) is 57.7 cm³/mol. The third-order valence-corrected chi connectivity index (χ3v) is 3.47. The number of nitrogens with zero attached hydrogens (tertiary/aromatic N) is 1. The highest BCUT2D eigenvalue weighted by molar-refractivity contribution is 5.77. The zero-order chi connectivity index (χ0) is 10.9. The van der Waals surface area contributed by atoms with Crippen molar-refractivity contribution in [2.45, 2.75) is 38.1 Å². The molecule has 3 nitrogen and oxygen atoms in total. The summed E-state index contributed by atoms with van der Waals surface area (Å²) in [5, 5.41) is 9.46. The molecule has 1 heterocycles. The third-order valence-electron chi connectivity index (χ3n) is 3.47. The van der Waals surface area contributed by atoms with Crippen LogP contribution in [0.15, 0.2) is 24.5 Å². The topological polar surface area (TPSA) is 42.2 Å². The summed E-state index contributed by atoms with van der Waals surface area (Å²) in [6.45, 7) is 2.14. The van der Waals surface area contributed by atoms with E-state index in [-0.39, 0.29) is 0 Å². The number of carboxylic acids is 1. The van der Waals surface area contributed by atoms with Gasteiger partial charge in [0.15, 0.2) is 0 Å². The van der Waals surface area contributed by atoms with Gasteiger partial charge in [-0.2, -0.15) is 0 Å². The molecule has 0 saturated heterocycles. The number of hydrogen-bond donors (Lipinski definition) is 1. The van der Waals surface area contributed by atoms with Gasteiger partial charge in [0, 0.05) is 12.4 Å². The SMILES string of the molecule is CC1CCCC(C(=O)O)(n2cccc2)C1. The maximum absolute atomic E-state index is 11.5. The standard InChI is InChI=1S/C12H17NO2/c1-10-5-4-6-12(9-10,11(14)15)13-7-2-3-8-13/h2-3,7-8,10H,4-6,9H2,1H3,(H,14,15). The van der Waals surface area contributed by atoms with Crippen LogP contribution in [0.1, 0.15) is 32.6 Å². The quantitative estimate of drug-likeness (QED) is 0.809. The molecule has 1 N–H and O–H groups in total. The van der Waals surface area contributed by atoms with E-state index in [0.717, 1.165) is 25.7 Å². The summed E-state index contributed by atoms with van der Waals surface area (Å²) in [6.07, 6.45) is 7.39. The van der Waals surface area contributed by atoms with E-state index in [2.05, 4.69) is 6.92 Å². The van der Waals surface area contributed by atoms with Crippen molar-refractivity contribution in [1.29, 1.82) is 0 Å². The van der Waals surface area contributed by atoms with Crippen molar-refractivity contribution in [1.82, 2.24) is 4.57 Å². The van der Waals surface area contributed by atoms with Crippen LogP contribution in [0.3, 0.4) is 0 Å². The lowest BCUT2D eigenvalue weighted by atomic mass is 9.76. The molecule has 0 bridgehead atoms. The summed E-state index contributed by atoms with van der Waals surface area (Å²) in [6, 6.07) is 3.79. The summed E-state index contributed by atoms with van der Waals surface area (Å²) in [7, 11) is 0. The number of aliphatic carboxylic acids is 1. The first kappa shape index (κ1) is 10.3. The maximum atomic E-state index is 11.5. The van der Waals surface area contributed by atoms with Crippen LogP contribution in [0.2, 0.25) is 0 Å². The Hall–Kier alpha value is -1.25. The zero-order valence-electron chi connectivity index (χ0n) is 9.02. The van der Waals surface area contributed by atoms with Crippen molar-refractivity contribution < 1.29 is 9.90 Å². The zero-order valence-corrected chi connectivity index (χ0v) is 9.02. The lowest BCUT2D eigenvalue weighted by Crippen LogP contribution is -2.44. The average Bonchev–Trinajstić information content (AvgIpc) is 2.70. The summed E-state index contributed by atoms with van der Waals surface area (Å²) >= 11 is 0. The number of aromatic nitrogens is 1. The van der Waals surface area contributed by atoms with Crippen LogP contribution in [0.25, 0.3) is 0 Å². The van der Waals surface area contributed by atoms with E-state index in [0.29, 0.717) is 5.92 Å². The fraction of sp³-hybridized carbons (Fsp3) is 0.583. The van der Waals surface area contributed by atoms with E-state index in [1.807, 2.05) is 29.1 Å². The Balaban J connectivity index is 2.36. The highest BCUT2D eigenvalue weighted by atomic mass is 16.4. The molecule has 1 fully saturated rings. The van der Waals surface area contributed by atoms with Crippen molar-refractivity contribution in [2.24, 2.45) is 5.92 Å². The van der Waals surface area contributed by atoms with Gasteiger partial charge in [-0.25, -0.2) is 4.79 Å². The van der Waals surface area contributed by atoms with Crippen LogP contribution >= 0.6 is 0 Å². The van der Waals surface area contributed by atoms with Gasteiger partial charge in [-0.3, -0.25) is 0 Å². The molecule has 1 aliphatic carbocycles. The Morgan fingerprint density at radius 2 is 2.13 bits per heavy atom. The van der Waals surface area contributed by atoms with Crippen molar-refractivity contribution in [3.05, 3.63) is 24.5 Å². The average molecular weight is 207 g/mol. The van der Waals surface area contributed by atoms with Gasteiger partial charge in [0.25, 0.3) is 0 Å². The Morgan fingerprint density at radius 1 is 1.47 bits per heavy atom. The van der Waals surface area contributed by atoms with Gasteiger partial charge in [0.05, 0.1) is 0 Å². The van der Waals surface area contributed by atoms with E-state index in [9.17, 15) is 9.90 Å². The Bertz CT molecular complexity index is 345. The molecule has 2 unspecified atom stereocenters. The third kappa shape index (κ3) is 1.66. The summed E-state index contributed by atoms with van der Waals surface area (Å²) in [4.78, 5) is 11.5. The van der Waals surface area contributed by atoms with E-state index < -0.39 is 11.5 Å². The van der Waals surface area contributed by atoms with Crippen LogP contribution in [0, 0.1) is 5.92 Å². The molecule has 1 saturated carbocycles. The van der Waals surface area contributed by atoms with Crippen LogP contribution in [0.4, 0.5) is 0 Å². The first-order valence-corrected chi connectivity index (χ1v) is 5.52. The van der Waals surface area contributed by atoms with E-state index in [1.54, 1.807) is 0 Å². The molecule has 3 heteroatoms. The number of carboxylic acid groups (broad SMARTS) is 1. The molecule has 0 amide bonds. The maximum Gasteiger partial charge on any atom is 0.329 e. The second-order valence-corrected chi connectivity index (χ2v) is 4.63. The summed E-state index contributed by atoms with van der Waals surface area (Å²) in [5.41, 5.74) is -0.693. The van der Waals surface area contributed by atoms with Gasteiger partial charge >= 0.3 is 5.97 Å². The molecule has 0 radical (unpaired) electrons. The fourth-order valence-corrected chi connectivity index (χ4v) is 2.68. The normalized spacial score (nSPS) is 31.4. The van der Waals surface area contributed by atoms with E-state index >= 15 is 0 Å². The molecule has 82 valence electrons. The lowest BCUT2D eigenvalue weighted by Gasteiger charge is -2.37. The molecule has 0 aromatic carbocycles. The Morgan fingerprint density at radius 3 is 2.67 bits per heavy atom. The lowest BCUT2D eigenvalue weighted by molar-refractivity contribution is -0.150. The highest BCUT2D eigenvalue weighted by Gasteiger charge is 2.42. The number of hydrogen-bond acceptors (Lipinski definition) is 1. The second kappa shape index (κ2) is 3.72. The number of carbonyl (C=O) groups is 1. The molecule has 0 aliphatic heterocycles. The van der Waals surface area contributed by atoms with Gasteiger partial charge < -0.3 is 9.67 Å². The molecule has 0 spiro atoms. The van der Waals surface area contributed by atoms with Crippen molar-refractivity contribution >= 4 is 5.97 Å². The van der Waals surface area contributed by atoms with Gasteiger partial charge in [-0.1, -0.05) is 19.8 Å². The molecule has 1 aliphatic rings. The minimum atomic E-state index is -0.693. The molecule has 15 heavy (non-hydrogen) atoms. The molecular weight excluding hydrogens is 190 g/mol. The molecule has 2 rings (SSSR count). The highest BCUT2D eigenvalue weighted by Crippen LogP contribution is 2.38. The van der Waals surface area contributed by atoms with Gasteiger partial charge in [0.1, 0.15) is 5.54 Å². The minimum absolute atomic E-state index is 0.497. The van der Waals surface area contributed by atoms with Crippen molar-refractivity contribution in [3.8, 4) is 0 Å². The second-order valence-electron chi connectivity index (χ2n) is 4.63. The smallest absolute Gasteiger partial charge is 0.329 e. The largest absolute Gasteiger partial charge is 0.479 e. The van der Waals surface area contributed by atoms with Gasteiger partial charge in [-0.15, -0.1) is 0 Å². The minimum Gasteiger partial charge on any atom is -0.479 e. The van der Waals surface area contributed by atoms with E-state index in [4.69, 9.17) is 0 Å². The molecule has 1 aromatic heterocycles. The monoisotopic (exact) mass is 207 g/mol. The first-order chi connectivity index (χ1) is 7.15. The Kier molecular flexibility index (Phi) is 2.55. The molecule has 2 atom stereocenters. The van der Waals surface area contributed by atoms with Gasteiger partial charge in [-0.05, 0) is 30.9 Å². The summed E-state index contributed by atoms with van der Waals surface area (Å²) < 4.78 is 1.87. The number of rotatable bonds is 2.